The molecule has 0 radical (unpaired) electrons. The van der Waals surface area contributed by atoms with Crippen LogP contribution in [-0.2, 0) is 10.0 Å². The predicted molar refractivity (Wildman–Crippen MR) is 116 cm³/mol. The summed E-state index contributed by atoms with van der Waals surface area (Å²) in [6.07, 6.45) is 0. The number of carbonyl (C=O) groups excluding carboxylic acids is 1. The molecule has 1 aliphatic heterocycles. The van der Waals surface area contributed by atoms with Crippen molar-refractivity contribution in [3.63, 3.8) is 0 Å². The molecule has 0 spiro atoms. The van der Waals surface area contributed by atoms with Crippen LogP contribution in [0.5, 0.6) is 0 Å². The molecule has 0 unspecified atom stereocenters. The summed E-state index contributed by atoms with van der Waals surface area (Å²) in [5.74, 6) is -0.272. The summed E-state index contributed by atoms with van der Waals surface area (Å²) >= 11 is 0. The number of anilines is 2. The third-order valence-corrected chi connectivity index (χ3v) is 6.77. The summed E-state index contributed by atoms with van der Waals surface area (Å²) in [4.78, 5) is 17.5. The molecule has 1 fully saturated rings. The first-order chi connectivity index (χ1) is 13.8. The molecule has 2 aromatic rings. The molecule has 0 aliphatic carbocycles. The Morgan fingerprint density at radius 2 is 1.69 bits per heavy atom. The third kappa shape index (κ3) is 4.95. The second-order valence-corrected chi connectivity index (χ2v) is 8.99. The van der Waals surface area contributed by atoms with E-state index >= 15 is 0 Å². The van der Waals surface area contributed by atoms with Crippen LogP contribution in [0, 0.1) is 6.92 Å². The van der Waals surface area contributed by atoms with E-state index in [-0.39, 0.29) is 10.8 Å². The van der Waals surface area contributed by atoms with Crippen molar-refractivity contribution >= 4 is 27.3 Å². The number of nitrogens with one attached hydrogen (secondary N) is 2. The lowest BCUT2D eigenvalue weighted by atomic mass is 10.1. The quantitative estimate of drug-likeness (QED) is 0.755. The van der Waals surface area contributed by atoms with Crippen LogP contribution in [0.3, 0.4) is 0 Å². The van der Waals surface area contributed by atoms with Crippen LogP contribution in [0.4, 0.5) is 11.4 Å². The van der Waals surface area contributed by atoms with E-state index in [1.165, 1.54) is 31.3 Å². The number of rotatable bonds is 6. The number of sulfonamides is 1. The van der Waals surface area contributed by atoms with Crippen LogP contribution in [0.1, 0.15) is 22.8 Å². The van der Waals surface area contributed by atoms with Gasteiger partial charge >= 0.3 is 0 Å². The lowest BCUT2D eigenvalue weighted by Crippen LogP contribution is -2.46. The van der Waals surface area contributed by atoms with Gasteiger partial charge in [-0.25, -0.2) is 13.1 Å². The fourth-order valence-electron chi connectivity index (χ4n) is 3.40. The number of aryl methyl sites for hydroxylation is 1. The van der Waals surface area contributed by atoms with Crippen LogP contribution < -0.4 is 14.9 Å². The number of carbonyl (C=O) groups is 1. The molecular formula is C21H28N4O3S. The summed E-state index contributed by atoms with van der Waals surface area (Å²) < 4.78 is 25.9. The minimum atomic E-state index is -3.52. The van der Waals surface area contributed by atoms with Crippen LogP contribution >= 0.6 is 0 Å². The van der Waals surface area contributed by atoms with E-state index in [1.54, 1.807) is 0 Å². The van der Waals surface area contributed by atoms with E-state index in [2.05, 4.69) is 32.8 Å². The highest BCUT2D eigenvalue weighted by atomic mass is 32.2. The molecule has 156 valence electrons. The Morgan fingerprint density at radius 3 is 2.24 bits per heavy atom. The van der Waals surface area contributed by atoms with E-state index in [4.69, 9.17) is 0 Å². The first kappa shape index (κ1) is 21.3. The molecule has 2 aromatic carbocycles. The fourth-order valence-corrected chi connectivity index (χ4v) is 4.13. The van der Waals surface area contributed by atoms with Gasteiger partial charge in [-0.05, 0) is 68.5 Å². The average molecular weight is 417 g/mol. The van der Waals surface area contributed by atoms with Gasteiger partial charge in [0.15, 0.2) is 0 Å². The van der Waals surface area contributed by atoms with Crippen LogP contribution in [0.15, 0.2) is 47.4 Å². The van der Waals surface area contributed by atoms with Gasteiger partial charge in [0.2, 0.25) is 10.0 Å². The van der Waals surface area contributed by atoms with Crippen molar-refractivity contribution in [3.8, 4) is 0 Å². The Morgan fingerprint density at radius 1 is 1.03 bits per heavy atom. The molecule has 0 saturated carbocycles. The summed E-state index contributed by atoms with van der Waals surface area (Å²) in [5.41, 5.74) is 3.30. The fraction of sp³-hybridized carbons (Fsp3) is 0.381. The van der Waals surface area contributed by atoms with Crippen molar-refractivity contribution in [2.24, 2.45) is 0 Å². The summed E-state index contributed by atoms with van der Waals surface area (Å²) in [6, 6.07) is 11.9. The van der Waals surface area contributed by atoms with Gasteiger partial charge in [0.1, 0.15) is 0 Å². The van der Waals surface area contributed by atoms with Crippen molar-refractivity contribution < 1.29 is 13.2 Å². The number of hydrogen-bond acceptors (Lipinski definition) is 5. The van der Waals surface area contributed by atoms with Gasteiger partial charge in [0.05, 0.1) is 4.90 Å². The molecule has 1 saturated heterocycles. The summed E-state index contributed by atoms with van der Waals surface area (Å²) in [5, 5.41) is 2.91. The highest BCUT2D eigenvalue weighted by Gasteiger charge is 2.17. The number of piperazine rings is 1. The standard InChI is InChI=1S/C21H28N4O3S/c1-4-24-11-13-25(14-12-24)18-7-10-20(16(2)15-18)23-21(26)17-5-8-19(9-6-17)29(27,28)22-3/h5-10,15,22H,4,11-14H2,1-3H3,(H,23,26). The number of nitrogens with zero attached hydrogens (tertiary/aromatic N) is 2. The maximum absolute atomic E-state index is 12.6. The van der Waals surface area contributed by atoms with E-state index in [0.29, 0.717) is 5.56 Å². The molecule has 29 heavy (non-hydrogen) atoms. The van der Waals surface area contributed by atoms with E-state index < -0.39 is 10.0 Å². The minimum absolute atomic E-state index is 0.125. The number of hydrogen-bond donors (Lipinski definition) is 2. The van der Waals surface area contributed by atoms with Gasteiger partial charge in [-0.1, -0.05) is 6.92 Å². The van der Waals surface area contributed by atoms with Crippen molar-refractivity contribution in [2.75, 3.05) is 50.0 Å². The van der Waals surface area contributed by atoms with Crippen molar-refractivity contribution in [2.45, 2.75) is 18.7 Å². The van der Waals surface area contributed by atoms with Crippen LogP contribution in [0.25, 0.3) is 0 Å². The molecular weight excluding hydrogens is 388 g/mol. The Bertz CT molecular complexity index is 966. The molecule has 1 amide bonds. The highest BCUT2D eigenvalue weighted by Crippen LogP contribution is 2.24. The zero-order valence-electron chi connectivity index (χ0n) is 17.1. The van der Waals surface area contributed by atoms with Crippen LogP contribution in [0.2, 0.25) is 0 Å². The van der Waals surface area contributed by atoms with E-state index in [9.17, 15) is 13.2 Å². The topological polar surface area (TPSA) is 81.8 Å². The van der Waals surface area contributed by atoms with Gasteiger partial charge in [0, 0.05) is 43.1 Å². The molecule has 0 aromatic heterocycles. The normalized spacial score (nSPS) is 15.3. The van der Waals surface area contributed by atoms with Crippen molar-refractivity contribution in [1.82, 2.24) is 9.62 Å². The summed E-state index contributed by atoms with van der Waals surface area (Å²) in [6.45, 7) is 9.37. The molecule has 0 bridgehead atoms. The molecule has 1 heterocycles. The Hall–Kier alpha value is -2.42. The Balaban J connectivity index is 1.68. The van der Waals surface area contributed by atoms with Gasteiger partial charge in [-0.3, -0.25) is 4.79 Å². The lowest BCUT2D eigenvalue weighted by Gasteiger charge is -2.35. The van der Waals surface area contributed by atoms with Gasteiger partial charge < -0.3 is 15.1 Å². The number of likely N-dealkylation sites (N-methyl/N-ethyl adjacent to an activating group) is 1. The summed E-state index contributed by atoms with van der Waals surface area (Å²) in [7, 11) is -2.16. The second kappa shape index (κ2) is 8.94. The Kier molecular flexibility index (Phi) is 6.56. The molecule has 8 heteroatoms. The zero-order chi connectivity index (χ0) is 21.0. The SMILES string of the molecule is CCN1CCN(c2ccc(NC(=O)c3ccc(S(=O)(=O)NC)cc3)c(C)c2)CC1. The van der Waals surface area contributed by atoms with Gasteiger partial charge in [0.25, 0.3) is 5.91 Å². The third-order valence-electron chi connectivity index (χ3n) is 5.34. The maximum Gasteiger partial charge on any atom is 0.255 e. The van der Waals surface area contributed by atoms with Gasteiger partial charge in [-0.15, -0.1) is 0 Å². The monoisotopic (exact) mass is 416 g/mol. The average Bonchev–Trinajstić information content (AvgIpc) is 2.75. The molecule has 0 atom stereocenters. The van der Waals surface area contributed by atoms with Crippen molar-refractivity contribution in [3.05, 3.63) is 53.6 Å². The maximum atomic E-state index is 12.6. The van der Waals surface area contributed by atoms with Crippen molar-refractivity contribution in [1.29, 1.82) is 0 Å². The lowest BCUT2D eigenvalue weighted by molar-refractivity contribution is 0.102. The predicted octanol–water partition coefficient (Wildman–Crippen LogP) is 2.30. The highest BCUT2D eigenvalue weighted by molar-refractivity contribution is 7.89. The molecule has 7 nitrogen and oxygen atoms in total. The number of amides is 1. The van der Waals surface area contributed by atoms with E-state index in [0.717, 1.165) is 49.7 Å². The second-order valence-electron chi connectivity index (χ2n) is 7.11. The molecule has 3 rings (SSSR count). The van der Waals surface area contributed by atoms with Gasteiger partial charge in [-0.2, -0.15) is 0 Å². The van der Waals surface area contributed by atoms with Crippen LogP contribution in [-0.4, -0.2) is 59.0 Å². The number of benzene rings is 2. The largest absolute Gasteiger partial charge is 0.369 e. The minimum Gasteiger partial charge on any atom is -0.369 e. The molecule has 2 N–H and O–H groups in total. The van der Waals surface area contributed by atoms with E-state index in [1.807, 2.05) is 19.1 Å². The zero-order valence-corrected chi connectivity index (χ0v) is 17.9. The smallest absolute Gasteiger partial charge is 0.255 e. The molecule has 1 aliphatic rings. The first-order valence-electron chi connectivity index (χ1n) is 9.77. The first-order valence-corrected chi connectivity index (χ1v) is 11.3. The Labute approximate surface area is 172 Å².